The van der Waals surface area contributed by atoms with Gasteiger partial charge in [0.15, 0.2) is 11.6 Å². The first-order valence-electron chi connectivity index (χ1n) is 10.6. The minimum absolute atomic E-state index is 0.191. The lowest BCUT2D eigenvalue weighted by atomic mass is 10.0. The van der Waals surface area contributed by atoms with Gasteiger partial charge in [-0.05, 0) is 74.9 Å². The van der Waals surface area contributed by atoms with Crippen molar-refractivity contribution in [3.63, 3.8) is 0 Å². The number of hydrogen-bond donors (Lipinski definition) is 0. The monoisotopic (exact) mass is 618 g/mol. The number of benzene rings is 1. The maximum Gasteiger partial charge on any atom is 0.170 e. The Morgan fingerprint density at radius 1 is 0.812 bits per heavy atom. The van der Waals surface area contributed by atoms with Crippen molar-refractivity contribution in [2.75, 3.05) is 0 Å². The number of aromatic nitrogens is 2. The number of halogens is 4. The van der Waals surface area contributed by atoms with Crippen LogP contribution in [0.1, 0.15) is 56.6 Å². The highest BCUT2D eigenvalue weighted by Gasteiger charge is 2.27. The molecule has 32 heavy (non-hydrogen) atoms. The van der Waals surface area contributed by atoms with Gasteiger partial charge in [-0.25, -0.2) is 8.78 Å². The number of nitrogens with zero attached hydrogens (tertiary/aromatic N) is 2. The third-order valence-electron chi connectivity index (χ3n) is 5.50. The van der Waals surface area contributed by atoms with Crippen LogP contribution >= 0.6 is 66.3 Å². The van der Waals surface area contributed by atoms with E-state index in [9.17, 15) is 0 Å². The highest BCUT2D eigenvalue weighted by atomic mass is 79.9. The molecular formula is C23H22Br2F2N2S3. The molecule has 1 aromatic carbocycles. The second-order valence-corrected chi connectivity index (χ2v) is 13.1. The first-order valence-corrected chi connectivity index (χ1v) is 14.5. The van der Waals surface area contributed by atoms with E-state index in [1.54, 1.807) is 0 Å². The number of unbranched alkanes of at least 4 members (excludes halogenated alkanes) is 5. The topological polar surface area (TPSA) is 25.8 Å². The van der Waals surface area contributed by atoms with Gasteiger partial charge in [0.1, 0.15) is 11.0 Å². The van der Waals surface area contributed by atoms with Crippen LogP contribution in [0.15, 0.2) is 19.7 Å². The molecule has 9 heteroatoms. The Balaban J connectivity index is 1.68. The van der Waals surface area contributed by atoms with Crippen LogP contribution in [-0.4, -0.2) is 8.75 Å². The predicted octanol–water partition coefficient (Wildman–Crippen LogP) is 10.2. The summed E-state index contributed by atoms with van der Waals surface area (Å²) < 4.78 is 41.4. The molecule has 0 N–H and O–H groups in total. The van der Waals surface area contributed by atoms with Gasteiger partial charge in [0.2, 0.25) is 0 Å². The molecular weight excluding hydrogens is 598 g/mol. The third kappa shape index (κ3) is 4.87. The van der Waals surface area contributed by atoms with Gasteiger partial charge in [0, 0.05) is 9.75 Å². The second kappa shape index (κ2) is 10.7. The van der Waals surface area contributed by atoms with Gasteiger partial charge in [0.05, 0.1) is 30.4 Å². The van der Waals surface area contributed by atoms with E-state index in [-0.39, 0.29) is 11.1 Å². The quantitative estimate of drug-likeness (QED) is 0.174. The van der Waals surface area contributed by atoms with Gasteiger partial charge in [0.25, 0.3) is 0 Å². The maximum absolute atomic E-state index is 15.5. The van der Waals surface area contributed by atoms with E-state index in [1.165, 1.54) is 54.8 Å². The van der Waals surface area contributed by atoms with E-state index < -0.39 is 11.6 Å². The molecule has 0 unspecified atom stereocenters. The molecule has 0 atom stereocenters. The molecule has 170 valence electrons. The number of rotatable bonds is 9. The zero-order valence-corrected chi connectivity index (χ0v) is 23.4. The van der Waals surface area contributed by atoms with Gasteiger partial charge >= 0.3 is 0 Å². The van der Waals surface area contributed by atoms with Crippen LogP contribution in [0.2, 0.25) is 0 Å². The second-order valence-electron chi connectivity index (χ2n) is 7.83. The summed E-state index contributed by atoms with van der Waals surface area (Å²) in [5, 5.41) is 0. The van der Waals surface area contributed by atoms with Crippen LogP contribution in [0.4, 0.5) is 8.78 Å². The largest absolute Gasteiger partial charge is 0.203 e. The number of hydrogen-bond acceptors (Lipinski definition) is 5. The summed E-state index contributed by atoms with van der Waals surface area (Å²) in [6.07, 6.45) is 8.24. The Bertz CT molecular complexity index is 1230. The van der Waals surface area contributed by atoms with Crippen LogP contribution in [0, 0.1) is 18.6 Å². The summed E-state index contributed by atoms with van der Waals surface area (Å²) >= 11 is 10.9. The van der Waals surface area contributed by atoms with Crippen molar-refractivity contribution in [2.45, 2.75) is 58.8 Å². The van der Waals surface area contributed by atoms with Crippen LogP contribution in [0.3, 0.4) is 0 Å². The number of fused-ring (bicyclic) bond motifs is 1. The van der Waals surface area contributed by atoms with Gasteiger partial charge in [-0.3, -0.25) is 0 Å². The van der Waals surface area contributed by atoms with Crippen LogP contribution in [-0.2, 0) is 6.42 Å². The Labute approximate surface area is 215 Å². The lowest BCUT2D eigenvalue weighted by Crippen LogP contribution is -1.95. The molecule has 4 aromatic rings. The molecule has 0 amide bonds. The Morgan fingerprint density at radius 2 is 1.38 bits per heavy atom. The van der Waals surface area contributed by atoms with E-state index in [0.29, 0.717) is 20.8 Å². The number of thiophene rings is 2. The van der Waals surface area contributed by atoms with Crippen molar-refractivity contribution in [1.82, 2.24) is 8.75 Å². The highest BCUT2D eigenvalue weighted by molar-refractivity contribution is 9.11. The predicted molar refractivity (Wildman–Crippen MR) is 141 cm³/mol. The van der Waals surface area contributed by atoms with Gasteiger partial charge in [-0.2, -0.15) is 8.75 Å². The van der Waals surface area contributed by atoms with E-state index >= 15 is 8.78 Å². The fourth-order valence-corrected chi connectivity index (χ4v) is 7.72. The Morgan fingerprint density at radius 3 is 1.97 bits per heavy atom. The van der Waals surface area contributed by atoms with Crippen molar-refractivity contribution in [1.29, 1.82) is 0 Å². The summed E-state index contributed by atoms with van der Waals surface area (Å²) in [7, 11) is 0. The Hall–Kier alpha value is -0.740. The van der Waals surface area contributed by atoms with Crippen molar-refractivity contribution in [2.24, 2.45) is 0 Å². The van der Waals surface area contributed by atoms with Crippen molar-refractivity contribution in [3.05, 3.63) is 42.5 Å². The normalized spacial score (nSPS) is 11.7. The average Bonchev–Trinajstić information content (AvgIpc) is 3.46. The average molecular weight is 620 g/mol. The van der Waals surface area contributed by atoms with E-state index in [0.717, 1.165) is 43.3 Å². The first kappa shape index (κ1) is 24.4. The van der Waals surface area contributed by atoms with Gasteiger partial charge in [-0.1, -0.05) is 39.0 Å². The Kier molecular flexibility index (Phi) is 8.14. The molecule has 4 rings (SSSR count). The third-order valence-corrected chi connectivity index (χ3v) is 10.2. The van der Waals surface area contributed by atoms with E-state index in [1.807, 2.05) is 19.1 Å². The van der Waals surface area contributed by atoms with Crippen LogP contribution in [0.5, 0.6) is 0 Å². The van der Waals surface area contributed by atoms with Crippen molar-refractivity contribution >= 4 is 77.3 Å². The fourth-order valence-electron chi connectivity index (χ4n) is 3.77. The molecule has 0 aliphatic carbocycles. The fraction of sp³-hybridized carbons (Fsp3) is 0.391. The van der Waals surface area contributed by atoms with E-state index in [4.69, 9.17) is 0 Å². The van der Waals surface area contributed by atoms with Gasteiger partial charge in [-0.15, -0.1) is 22.7 Å². The smallest absolute Gasteiger partial charge is 0.170 e. The molecule has 3 heterocycles. The zero-order chi connectivity index (χ0) is 22.8. The molecule has 0 radical (unpaired) electrons. The zero-order valence-electron chi connectivity index (χ0n) is 17.7. The molecule has 0 aliphatic rings. The SMILES string of the molecule is CCCCCCCCc1cc(-c2c(F)c(F)c(-c3cc(C)c(Br)s3)c3nsnc23)sc1Br. The molecule has 0 saturated carbocycles. The molecule has 0 aliphatic heterocycles. The molecule has 0 fully saturated rings. The lowest BCUT2D eigenvalue weighted by molar-refractivity contribution is 0.516. The number of aryl methyl sites for hydroxylation is 2. The maximum atomic E-state index is 15.5. The van der Waals surface area contributed by atoms with E-state index in [2.05, 4.69) is 47.5 Å². The highest BCUT2D eigenvalue weighted by Crippen LogP contribution is 2.46. The lowest BCUT2D eigenvalue weighted by Gasteiger charge is -2.08. The summed E-state index contributed by atoms with van der Waals surface area (Å²) in [5.74, 6) is -1.72. The summed E-state index contributed by atoms with van der Waals surface area (Å²) in [5.41, 5.74) is 3.36. The summed E-state index contributed by atoms with van der Waals surface area (Å²) in [6, 6.07) is 3.83. The van der Waals surface area contributed by atoms with Crippen molar-refractivity contribution in [3.8, 4) is 20.9 Å². The molecule has 0 saturated heterocycles. The minimum atomic E-state index is -0.865. The standard InChI is InChI=1S/C23H22Br2F2N2S3/c1-3-4-5-6-7-8-9-13-11-15(31-23(13)25)17-19(27)18(26)16(20-21(17)29-32-28-20)14-10-12(2)22(24)30-14/h10-11H,3-9H2,1-2H3. The van der Waals surface area contributed by atoms with Gasteiger partial charge < -0.3 is 0 Å². The van der Waals surface area contributed by atoms with Crippen LogP contribution < -0.4 is 0 Å². The van der Waals surface area contributed by atoms with Crippen LogP contribution in [0.25, 0.3) is 31.9 Å². The summed E-state index contributed by atoms with van der Waals surface area (Å²) in [6.45, 7) is 4.14. The molecule has 3 aromatic heterocycles. The molecule has 2 nitrogen and oxygen atoms in total. The summed E-state index contributed by atoms with van der Waals surface area (Å²) in [4.78, 5) is 1.33. The van der Waals surface area contributed by atoms with Crippen molar-refractivity contribution < 1.29 is 8.78 Å². The first-order chi connectivity index (χ1) is 15.4. The molecule has 0 bridgehead atoms. The minimum Gasteiger partial charge on any atom is -0.203 e. The molecule has 0 spiro atoms.